The van der Waals surface area contributed by atoms with Crippen LogP contribution in [0.15, 0.2) is 35.6 Å². The van der Waals surface area contributed by atoms with Gasteiger partial charge < -0.3 is 14.9 Å². The monoisotopic (exact) mass is 317 g/mol. The van der Waals surface area contributed by atoms with Crippen molar-refractivity contribution in [3.8, 4) is 5.75 Å². The molecule has 1 aromatic carbocycles. The summed E-state index contributed by atoms with van der Waals surface area (Å²) in [5, 5.41) is 14.7. The Balaban J connectivity index is 1.96. The molecule has 2 aromatic rings. The van der Waals surface area contributed by atoms with Crippen molar-refractivity contribution in [2.45, 2.75) is 13.5 Å². The fourth-order valence-corrected chi connectivity index (χ4v) is 1.85. The fraction of sp³-hybridized carbons (Fsp3) is 0.214. The molecule has 1 amide bonds. The maximum absolute atomic E-state index is 11.8. The molecule has 0 radical (unpaired) electrons. The molecule has 0 saturated carbocycles. The van der Waals surface area contributed by atoms with Crippen LogP contribution in [0.25, 0.3) is 0 Å². The van der Waals surface area contributed by atoms with E-state index in [4.69, 9.17) is 4.74 Å². The number of carbonyl (C=O) groups is 1. The second kappa shape index (κ2) is 7.16. The van der Waals surface area contributed by atoms with Gasteiger partial charge in [-0.3, -0.25) is 4.79 Å². The predicted molar refractivity (Wildman–Crippen MR) is 82.3 cm³/mol. The Kier molecular flexibility index (Phi) is 5.03. The quantitative estimate of drug-likeness (QED) is 0.489. The molecule has 0 aliphatic carbocycles. The molecule has 0 spiro atoms. The third-order valence-electron chi connectivity index (χ3n) is 3.04. The van der Waals surface area contributed by atoms with E-state index < -0.39 is 10.8 Å². The molecule has 0 unspecified atom stereocenters. The number of hydrogen-bond acceptors (Lipinski definition) is 6. The van der Waals surface area contributed by atoms with Crippen LogP contribution >= 0.6 is 0 Å². The highest BCUT2D eigenvalue weighted by molar-refractivity contribution is 5.82. The second-order valence-electron chi connectivity index (χ2n) is 4.57. The molecule has 0 saturated heterocycles. The number of nitro groups is 1. The molecule has 0 bridgehead atoms. The molecule has 9 heteroatoms. The van der Waals surface area contributed by atoms with Gasteiger partial charge in [-0.2, -0.15) is 5.10 Å². The van der Waals surface area contributed by atoms with Crippen LogP contribution in [0.5, 0.6) is 5.75 Å². The van der Waals surface area contributed by atoms with Crippen molar-refractivity contribution >= 4 is 17.9 Å². The average molecular weight is 317 g/mol. The van der Waals surface area contributed by atoms with Crippen molar-refractivity contribution in [3.05, 3.63) is 52.0 Å². The molecule has 23 heavy (non-hydrogen) atoms. The lowest BCUT2D eigenvalue weighted by atomic mass is 10.2. The van der Waals surface area contributed by atoms with E-state index in [2.05, 4.69) is 15.5 Å². The average Bonchev–Trinajstić information content (AvgIpc) is 2.89. The van der Waals surface area contributed by atoms with Crippen molar-refractivity contribution in [2.24, 2.45) is 5.10 Å². The van der Waals surface area contributed by atoms with Crippen molar-refractivity contribution in [3.63, 3.8) is 0 Å². The maximum Gasteiger partial charge on any atom is 0.343 e. The van der Waals surface area contributed by atoms with E-state index >= 15 is 0 Å². The Bertz CT molecular complexity index is 736. The van der Waals surface area contributed by atoms with Crippen LogP contribution < -0.4 is 10.2 Å². The number of aromatic nitrogens is 2. The zero-order valence-corrected chi connectivity index (χ0v) is 12.6. The smallest absolute Gasteiger partial charge is 0.343 e. The summed E-state index contributed by atoms with van der Waals surface area (Å²) in [6, 6.07) is 7.08. The summed E-state index contributed by atoms with van der Waals surface area (Å²) in [7, 11) is 1.57. The second-order valence-corrected chi connectivity index (χ2v) is 4.57. The highest BCUT2D eigenvalue weighted by Gasteiger charge is 2.19. The first-order chi connectivity index (χ1) is 11.0. The number of hydrazone groups is 1. The number of rotatable bonds is 6. The summed E-state index contributed by atoms with van der Waals surface area (Å²) < 4.78 is 6.24. The van der Waals surface area contributed by atoms with Gasteiger partial charge >= 0.3 is 5.82 Å². The van der Waals surface area contributed by atoms with E-state index in [1.165, 1.54) is 10.8 Å². The summed E-state index contributed by atoms with van der Waals surface area (Å²) in [4.78, 5) is 25.9. The standard InChI is InChI=1S/C14H15N5O4/c1-10-15-8-14(19(21)22)18(10)9-13(20)17-16-7-11-3-5-12(23-2)6-4-11/h3-8H,9H2,1-2H3,(H,17,20)/b16-7+. The SMILES string of the molecule is COc1ccc(/C=N/NC(=O)Cn2c([N+](=O)[O-])cnc2C)cc1. The van der Waals surface area contributed by atoms with Gasteiger partial charge in [0.05, 0.1) is 13.3 Å². The molecule has 1 heterocycles. The number of nitrogens with zero attached hydrogens (tertiary/aromatic N) is 4. The van der Waals surface area contributed by atoms with Gasteiger partial charge in [0.15, 0.2) is 12.4 Å². The van der Waals surface area contributed by atoms with Crippen LogP contribution in [0.3, 0.4) is 0 Å². The maximum atomic E-state index is 11.8. The minimum absolute atomic E-state index is 0.234. The minimum atomic E-state index is -0.589. The number of benzene rings is 1. The molecule has 120 valence electrons. The Morgan fingerprint density at radius 2 is 2.17 bits per heavy atom. The Labute approximate surface area is 131 Å². The first-order valence-corrected chi connectivity index (χ1v) is 6.63. The van der Waals surface area contributed by atoms with Crippen LogP contribution in [-0.4, -0.2) is 33.7 Å². The molecule has 0 atom stereocenters. The van der Waals surface area contributed by atoms with E-state index in [-0.39, 0.29) is 12.4 Å². The van der Waals surface area contributed by atoms with E-state index in [9.17, 15) is 14.9 Å². The largest absolute Gasteiger partial charge is 0.497 e. The van der Waals surface area contributed by atoms with Crippen LogP contribution in [0.4, 0.5) is 5.82 Å². The zero-order chi connectivity index (χ0) is 16.8. The van der Waals surface area contributed by atoms with Gasteiger partial charge in [0.2, 0.25) is 0 Å². The Morgan fingerprint density at radius 1 is 1.48 bits per heavy atom. The Hall–Kier alpha value is -3.23. The van der Waals surface area contributed by atoms with E-state index in [0.29, 0.717) is 11.6 Å². The lowest BCUT2D eigenvalue weighted by Crippen LogP contribution is -2.24. The third kappa shape index (κ3) is 4.13. The molecule has 0 aliphatic heterocycles. The summed E-state index contributed by atoms with van der Waals surface area (Å²) in [6.45, 7) is 1.35. The first-order valence-electron chi connectivity index (χ1n) is 6.63. The number of aryl methyl sites for hydroxylation is 1. The molecular weight excluding hydrogens is 302 g/mol. The van der Waals surface area contributed by atoms with Gasteiger partial charge in [-0.25, -0.2) is 15.0 Å². The molecule has 0 fully saturated rings. The van der Waals surface area contributed by atoms with Gasteiger partial charge in [-0.15, -0.1) is 0 Å². The first kappa shape index (κ1) is 16.1. The number of carbonyl (C=O) groups excluding carboxylic acids is 1. The zero-order valence-electron chi connectivity index (χ0n) is 12.6. The van der Waals surface area contributed by atoms with Gasteiger partial charge in [-0.05, 0) is 34.8 Å². The van der Waals surface area contributed by atoms with Gasteiger partial charge in [-0.1, -0.05) is 0 Å². The third-order valence-corrected chi connectivity index (χ3v) is 3.04. The summed E-state index contributed by atoms with van der Waals surface area (Å²) in [6.07, 6.45) is 2.58. The molecule has 2 rings (SSSR count). The molecule has 0 aliphatic rings. The molecular formula is C14H15N5O4. The number of nitrogens with one attached hydrogen (secondary N) is 1. The summed E-state index contributed by atoms with van der Waals surface area (Å²) >= 11 is 0. The van der Waals surface area contributed by atoms with Gasteiger partial charge in [0.25, 0.3) is 5.91 Å². The predicted octanol–water partition coefficient (Wildman–Crippen LogP) is 1.26. The lowest BCUT2D eigenvalue weighted by molar-refractivity contribution is -0.392. The summed E-state index contributed by atoms with van der Waals surface area (Å²) in [5.41, 5.74) is 3.09. The topological polar surface area (TPSA) is 112 Å². The van der Waals surface area contributed by atoms with Crippen LogP contribution in [0.1, 0.15) is 11.4 Å². The van der Waals surface area contributed by atoms with Crippen molar-refractivity contribution in [1.82, 2.24) is 15.0 Å². The highest BCUT2D eigenvalue weighted by atomic mass is 16.6. The van der Waals surface area contributed by atoms with E-state index in [1.54, 1.807) is 38.3 Å². The van der Waals surface area contributed by atoms with Crippen LogP contribution in [-0.2, 0) is 11.3 Å². The van der Waals surface area contributed by atoms with Crippen LogP contribution in [0.2, 0.25) is 0 Å². The number of methoxy groups -OCH3 is 1. The number of hydrogen-bond donors (Lipinski definition) is 1. The van der Waals surface area contributed by atoms with Crippen LogP contribution in [0, 0.1) is 17.0 Å². The lowest BCUT2D eigenvalue weighted by Gasteiger charge is -2.02. The van der Waals surface area contributed by atoms with Gasteiger partial charge in [0, 0.05) is 6.92 Å². The molecule has 9 nitrogen and oxygen atoms in total. The normalized spacial score (nSPS) is 10.7. The summed E-state index contributed by atoms with van der Waals surface area (Å²) in [5.74, 6) is 0.371. The Morgan fingerprint density at radius 3 is 2.78 bits per heavy atom. The van der Waals surface area contributed by atoms with Crippen molar-refractivity contribution < 1.29 is 14.5 Å². The fourth-order valence-electron chi connectivity index (χ4n) is 1.85. The number of amides is 1. The minimum Gasteiger partial charge on any atom is -0.497 e. The number of ether oxygens (including phenoxy) is 1. The highest BCUT2D eigenvalue weighted by Crippen LogP contribution is 2.13. The van der Waals surface area contributed by atoms with E-state index in [1.807, 2.05) is 0 Å². The van der Waals surface area contributed by atoms with E-state index in [0.717, 1.165) is 11.8 Å². The number of imidazole rings is 1. The van der Waals surface area contributed by atoms with Crippen molar-refractivity contribution in [2.75, 3.05) is 7.11 Å². The molecule has 1 aromatic heterocycles. The van der Waals surface area contributed by atoms with Crippen molar-refractivity contribution in [1.29, 1.82) is 0 Å². The van der Waals surface area contributed by atoms with Gasteiger partial charge in [0.1, 0.15) is 11.9 Å². The molecule has 1 N–H and O–H groups in total.